The van der Waals surface area contributed by atoms with Gasteiger partial charge in [-0.3, -0.25) is 4.98 Å². The van der Waals surface area contributed by atoms with Crippen LogP contribution in [0, 0.1) is 0 Å². The van der Waals surface area contributed by atoms with E-state index >= 15 is 0 Å². The van der Waals surface area contributed by atoms with Crippen LogP contribution in [0.4, 0.5) is 0 Å². The van der Waals surface area contributed by atoms with Gasteiger partial charge >= 0.3 is 0 Å². The predicted octanol–water partition coefficient (Wildman–Crippen LogP) is 2.31. The van der Waals surface area contributed by atoms with Gasteiger partial charge in [0.15, 0.2) is 0 Å². The molecule has 0 saturated carbocycles. The van der Waals surface area contributed by atoms with Gasteiger partial charge in [-0.2, -0.15) is 0 Å². The third-order valence-electron chi connectivity index (χ3n) is 4.64. The number of aromatic nitrogens is 2. The van der Waals surface area contributed by atoms with E-state index in [1.54, 1.807) is 36.7 Å². The summed E-state index contributed by atoms with van der Waals surface area (Å²) in [6.45, 7) is 1.34. The van der Waals surface area contributed by atoms with Crippen molar-refractivity contribution in [3.05, 3.63) is 53.9 Å². The van der Waals surface area contributed by atoms with E-state index in [2.05, 4.69) is 9.88 Å². The van der Waals surface area contributed by atoms with Crippen LogP contribution >= 0.6 is 0 Å². The zero-order valence-electron chi connectivity index (χ0n) is 14.8. The van der Waals surface area contributed by atoms with E-state index in [0.717, 1.165) is 36.0 Å². The van der Waals surface area contributed by atoms with Gasteiger partial charge in [-0.1, -0.05) is 12.1 Å². The molecule has 7 heteroatoms. The molecule has 1 aromatic carbocycles. The second kappa shape index (κ2) is 6.41. The first-order chi connectivity index (χ1) is 12.5. The maximum atomic E-state index is 13.4. The van der Waals surface area contributed by atoms with E-state index < -0.39 is 10.0 Å². The molecule has 0 radical (unpaired) electrons. The van der Waals surface area contributed by atoms with Gasteiger partial charge in [-0.05, 0) is 49.8 Å². The molecule has 0 unspecified atom stereocenters. The number of nitrogens with zero attached hydrogens (tertiary/aromatic N) is 3. The summed E-state index contributed by atoms with van der Waals surface area (Å²) in [6, 6.07) is 8.86. The van der Waals surface area contributed by atoms with E-state index in [4.69, 9.17) is 4.74 Å². The first-order valence-electron chi connectivity index (χ1n) is 8.58. The van der Waals surface area contributed by atoms with Gasteiger partial charge in [0, 0.05) is 25.4 Å². The van der Waals surface area contributed by atoms with Crippen LogP contribution in [0.1, 0.15) is 11.1 Å². The van der Waals surface area contributed by atoms with Crippen molar-refractivity contribution in [2.45, 2.75) is 17.7 Å². The minimum atomic E-state index is -3.77. The number of likely N-dealkylation sites (N-methyl/N-ethyl adjacent to an activating group) is 1. The fourth-order valence-electron chi connectivity index (χ4n) is 3.31. The standard InChI is InChI=1S/C19H21N3O3S/c1-21(2)11-8-15-13-22(16-6-4-10-20-18(15)16)26(23,24)17-7-3-5-14-9-12-25-19(14)17/h3-7,10,13H,8-9,11-12H2,1-2H3. The molecule has 0 fully saturated rings. The van der Waals surface area contributed by atoms with Crippen LogP contribution in [0.15, 0.2) is 47.6 Å². The summed E-state index contributed by atoms with van der Waals surface area (Å²) in [6.07, 6.45) is 4.86. The number of benzene rings is 1. The van der Waals surface area contributed by atoms with Gasteiger partial charge in [0.05, 0.1) is 17.6 Å². The molecule has 1 aliphatic rings. The fourth-order valence-corrected chi connectivity index (χ4v) is 4.87. The SMILES string of the molecule is CN(C)CCc1cn(S(=O)(=O)c2cccc3c2OCC3)c2cccnc12. The Morgan fingerprint density at radius 1 is 1.23 bits per heavy atom. The van der Waals surface area contributed by atoms with E-state index in [1.807, 2.05) is 20.2 Å². The zero-order chi connectivity index (χ0) is 18.3. The number of hydrogen-bond donors (Lipinski definition) is 0. The quantitative estimate of drug-likeness (QED) is 0.689. The van der Waals surface area contributed by atoms with Crippen molar-refractivity contribution in [3.8, 4) is 5.75 Å². The summed E-state index contributed by atoms with van der Waals surface area (Å²) in [5.74, 6) is 0.480. The van der Waals surface area contributed by atoms with Crippen molar-refractivity contribution in [2.75, 3.05) is 27.2 Å². The Balaban J connectivity index is 1.88. The normalized spacial score (nSPS) is 14.0. The Bertz CT molecular complexity index is 1070. The van der Waals surface area contributed by atoms with Gasteiger partial charge in [0.2, 0.25) is 0 Å². The third kappa shape index (κ3) is 2.77. The van der Waals surface area contributed by atoms with E-state index in [9.17, 15) is 8.42 Å². The average molecular weight is 371 g/mol. The molecular formula is C19H21N3O3S. The molecule has 3 heterocycles. The molecule has 2 aromatic heterocycles. The maximum absolute atomic E-state index is 13.4. The smallest absolute Gasteiger partial charge is 0.271 e. The molecule has 4 rings (SSSR count). The highest BCUT2D eigenvalue weighted by Crippen LogP contribution is 2.35. The van der Waals surface area contributed by atoms with Crippen molar-refractivity contribution in [1.82, 2.24) is 13.9 Å². The fraction of sp³-hybridized carbons (Fsp3) is 0.316. The third-order valence-corrected chi connectivity index (χ3v) is 6.34. The highest BCUT2D eigenvalue weighted by molar-refractivity contribution is 7.90. The topological polar surface area (TPSA) is 64.4 Å². The lowest BCUT2D eigenvalue weighted by molar-refractivity contribution is 0.348. The molecule has 0 N–H and O–H groups in total. The molecule has 0 bridgehead atoms. The van der Waals surface area contributed by atoms with Crippen LogP contribution in [0.25, 0.3) is 11.0 Å². The summed E-state index contributed by atoms with van der Waals surface area (Å²) in [5.41, 5.74) is 3.18. The largest absolute Gasteiger partial charge is 0.492 e. The second-order valence-corrected chi connectivity index (χ2v) is 8.51. The number of fused-ring (bicyclic) bond motifs is 2. The van der Waals surface area contributed by atoms with Gasteiger partial charge in [0.1, 0.15) is 10.6 Å². The lowest BCUT2D eigenvalue weighted by Gasteiger charge is -2.11. The van der Waals surface area contributed by atoms with Crippen LogP contribution in [-0.4, -0.2) is 49.5 Å². The van der Waals surface area contributed by atoms with Gasteiger partial charge < -0.3 is 9.64 Å². The average Bonchev–Trinajstić information content (AvgIpc) is 3.24. The van der Waals surface area contributed by atoms with Crippen molar-refractivity contribution in [1.29, 1.82) is 0 Å². The predicted molar refractivity (Wildman–Crippen MR) is 100 cm³/mol. The zero-order valence-corrected chi connectivity index (χ0v) is 15.7. The highest BCUT2D eigenvalue weighted by atomic mass is 32.2. The number of para-hydroxylation sites is 1. The van der Waals surface area contributed by atoms with Crippen LogP contribution in [0.5, 0.6) is 5.75 Å². The Labute approximate surface area is 153 Å². The second-order valence-electron chi connectivity index (χ2n) is 6.72. The number of pyridine rings is 1. The van der Waals surface area contributed by atoms with E-state index in [-0.39, 0.29) is 4.90 Å². The van der Waals surface area contributed by atoms with Gasteiger partial charge in [0.25, 0.3) is 10.0 Å². The van der Waals surface area contributed by atoms with Crippen LogP contribution in [-0.2, 0) is 22.9 Å². The first-order valence-corrected chi connectivity index (χ1v) is 10.0. The van der Waals surface area contributed by atoms with E-state index in [0.29, 0.717) is 17.9 Å². The summed E-state index contributed by atoms with van der Waals surface area (Å²) >= 11 is 0. The monoisotopic (exact) mass is 371 g/mol. The first kappa shape index (κ1) is 17.1. The maximum Gasteiger partial charge on any atom is 0.271 e. The van der Waals surface area contributed by atoms with Crippen molar-refractivity contribution in [3.63, 3.8) is 0 Å². The summed E-state index contributed by atoms with van der Waals surface area (Å²) in [5, 5.41) is 0. The molecule has 0 amide bonds. The van der Waals surface area contributed by atoms with Crippen LogP contribution < -0.4 is 4.74 Å². The molecule has 6 nitrogen and oxygen atoms in total. The Hall–Kier alpha value is -2.38. The Kier molecular flexibility index (Phi) is 4.20. The number of ether oxygens (including phenoxy) is 1. The van der Waals surface area contributed by atoms with E-state index in [1.165, 1.54) is 3.97 Å². The lowest BCUT2D eigenvalue weighted by atomic mass is 10.2. The minimum absolute atomic E-state index is 0.215. The molecule has 3 aromatic rings. The number of rotatable bonds is 5. The molecule has 136 valence electrons. The molecule has 0 aliphatic carbocycles. The van der Waals surface area contributed by atoms with Gasteiger partial charge in [-0.15, -0.1) is 0 Å². The molecule has 26 heavy (non-hydrogen) atoms. The van der Waals surface area contributed by atoms with Crippen LogP contribution in [0.3, 0.4) is 0 Å². The molecule has 1 aliphatic heterocycles. The molecular weight excluding hydrogens is 350 g/mol. The Morgan fingerprint density at radius 2 is 2.08 bits per heavy atom. The highest BCUT2D eigenvalue weighted by Gasteiger charge is 2.28. The number of hydrogen-bond acceptors (Lipinski definition) is 5. The summed E-state index contributed by atoms with van der Waals surface area (Å²) < 4.78 is 33.8. The molecule has 0 spiro atoms. The van der Waals surface area contributed by atoms with Gasteiger partial charge in [-0.25, -0.2) is 12.4 Å². The molecule has 0 atom stereocenters. The van der Waals surface area contributed by atoms with Crippen molar-refractivity contribution < 1.29 is 13.2 Å². The summed E-state index contributed by atoms with van der Waals surface area (Å²) in [4.78, 5) is 6.71. The minimum Gasteiger partial charge on any atom is -0.492 e. The van der Waals surface area contributed by atoms with Crippen molar-refractivity contribution >= 4 is 21.1 Å². The Morgan fingerprint density at radius 3 is 2.88 bits per heavy atom. The van der Waals surface area contributed by atoms with Crippen LogP contribution in [0.2, 0.25) is 0 Å². The lowest BCUT2D eigenvalue weighted by Crippen LogP contribution is -2.15. The molecule has 0 saturated heterocycles. The van der Waals surface area contributed by atoms with Crippen molar-refractivity contribution in [2.24, 2.45) is 0 Å². The summed E-state index contributed by atoms with van der Waals surface area (Å²) in [7, 11) is 0.218.